The predicted octanol–water partition coefficient (Wildman–Crippen LogP) is 1.89. The van der Waals surface area contributed by atoms with E-state index in [0.29, 0.717) is 22.9 Å². The Kier molecular flexibility index (Phi) is 4.26. The predicted molar refractivity (Wildman–Crippen MR) is 76.0 cm³/mol. The molecule has 1 aromatic rings. The topological polar surface area (TPSA) is 84.1 Å². The number of nitrogens with zero attached hydrogens (tertiary/aromatic N) is 2. The van der Waals surface area contributed by atoms with Crippen molar-refractivity contribution in [3.8, 4) is 0 Å². The van der Waals surface area contributed by atoms with E-state index >= 15 is 0 Å². The van der Waals surface area contributed by atoms with Gasteiger partial charge >= 0.3 is 0 Å². The smallest absolute Gasteiger partial charge is 0.223 e. The van der Waals surface area contributed by atoms with Gasteiger partial charge in [-0.2, -0.15) is 4.98 Å². The van der Waals surface area contributed by atoms with Crippen LogP contribution in [-0.2, 0) is 0 Å². The van der Waals surface area contributed by atoms with E-state index in [1.807, 2.05) is 0 Å². The molecule has 1 aliphatic carbocycles. The molecule has 0 unspecified atom stereocenters. The highest BCUT2D eigenvalue weighted by Gasteiger charge is 2.25. The first-order valence-electron chi connectivity index (χ1n) is 5.46. The van der Waals surface area contributed by atoms with Crippen LogP contribution in [0, 0.1) is 9.49 Å². The zero-order valence-electron chi connectivity index (χ0n) is 9.16. The lowest BCUT2D eigenvalue weighted by atomic mass is 10.1. The molecule has 7 heteroatoms. The highest BCUT2D eigenvalue weighted by Crippen LogP contribution is 2.30. The summed E-state index contributed by atoms with van der Waals surface area (Å²) in [5, 5.41) is 12.8. The molecule has 0 radical (unpaired) electrons. The molecule has 1 saturated carbocycles. The summed E-state index contributed by atoms with van der Waals surface area (Å²) in [5.74, 6) is 1.25. The Morgan fingerprint density at radius 2 is 2.24 bits per heavy atom. The van der Waals surface area contributed by atoms with Gasteiger partial charge in [0.05, 0.1) is 3.57 Å². The molecular weight excluding hydrogens is 354 g/mol. The van der Waals surface area contributed by atoms with E-state index in [-0.39, 0.29) is 12.6 Å². The summed E-state index contributed by atoms with van der Waals surface area (Å²) in [6, 6.07) is 0.325. The van der Waals surface area contributed by atoms with Gasteiger partial charge in [-0.25, -0.2) is 4.98 Å². The van der Waals surface area contributed by atoms with Crippen LogP contribution >= 0.6 is 34.2 Å². The Morgan fingerprint density at radius 3 is 2.88 bits per heavy atom. The molecule has 0 aliphatic heterocycles. The summed E-state index contributed by atoms with van der Waals surface area (Å²) in [5.41, 5.74) is 5.57. The van der Waals surface area contributed by atoms with Crippen molar-refractivity contribution >= 4 is 46.0 Å². The van der Waals surface area contributed by atoms with E-state index < -0.39 is 0 Å². The van der Waals surface area contributed by atoms with Gasteiger partial charge in [-0.3, -0.25) is 0 Å². The average molecular weight is 369 g/mol. The number of nitrogens with two attached hydrogens (primary N) is 1. The van der Waals surface area contributed by atoms with E-state index in [9.17, 15) is 0 Å². The van der Waals surface area contributed by atoms with Crippen LogP contribution in [0.15, 0.2) is 0 Å². The van der Waals surface area contributed by atoms with Gasteiger partial charge in [0.25, 0.3) is 0 Å². The van der Waals surface area contributed by atoms with Crippen LogP contribution in [0.25, 0.3) is 0 Å². The molecule has 1 aliphatic rings. The standard InChI is InChI=1S/C10H14ClIN4O/c11-8-7(12)9(16-10(13)15-8)14-6-2-1-5(3-6)4-17/h5-6,17H,1-4H2,(H3,13,14,15,16)/t5-,6+/m1/s1. The van der Waals surface area contributed by atoms with Gasteiger partial charge in [-0.15, -0.1) is 0 Å². The van der Waals surface area contributed by atoms with Crippen molar-refractivity contribution in [2.75, 3.05) is 17.7 Å². The fourth-order valence-corrected chi connectivity index (χ4v) is 2.67. The summed E-state index contributed by atoms with van der Waals surface area (Å²) in [6.45, 7) is 0.252. The van der Waals surface area contributed by atoms with Crippen LogP contribution in [0.3, 0.4) is 0 Å². The molecule has 0 bridgehead atoms. The van der Waals surface area contributed by atoms with Gasteiger partial charge in [0, 0.05) is 12.6 Å². The minimum atomic E-state index is 0.176. The van der Waals surface area contributed by atoms with Crippen LogP contribution in [0.5, 0.6) is 0 Å². The second kappa shape index (κ2) is 5.53. The Morgan fingerprint density at radius 1 is 1.47 bits per heavy atom. The van der Waals surface area contributed by atoms with E-state index in [2.05, 4.69) is 37.9 Å². The molecule has 1 fully saturated rings. The van der Waals surface area contributed by atoms with Gasteiger partial charge in [0.15, 0.2) is 0 Å². The lowest BCUT2D eigenvalue weighted by Gasteiger charge is -2.15. The average Bonchev–Trinajstić information content (AvgIpc) is 2.73. The van der Waals surface area contributed by atoms with E-state index in [0.717, 1.165) is 22.8 Å². The van der Waals surface area contributed by atoms with Crippen LogP contribution in [0.4, 0.5) is 11.8 Å². The van der Waals surface area contributed by atoms with E-state index in [4.69, 9.17) is 22.4 Å². The molecule has 1 aromatic heterocycles. The Bertz CT molecular complexity index is 418. The Labute approximate surface area is 118 Å². The van der Waals surface area contributed by atoms with Crippen molar-refractivity contribution in [2.45, 2.75) is 25.3 Å². The summed E-state index contributed by atoms with van der Waals surface area (Å²) in [6.07, 6.45) is 3.02. The third-order valence-corrected chi connectivity index (χ3v) is 4.58. The van der Waals surface area contributed by atoms with Crippen LogP contribution in [0.1, 0.15) is 19.3 Å². The Hall–Kier alpha value is -0.340. The SMILES string of the molecule is Nc1nc(Cl)c(I)c(N[C@H]2CC[C@@H](CO)C2)n1. The summed E-state index contributed by atoms with van der Waals surface area (Å²) in [7, 11) is 0. The minimum Gasteiger partial charge on any atom is -0.396 e. The highest BCUT2D eigenvalue weighted by molar-refractivity contribution is 14.1. The minimum absolute atomic E-state index is 0.176. The molecule has 94 valence electrons. The number of aliphatic hydroxyl groups excluding tert-OH is 1. The van der Waals surface area contributed by atoms with E-state index in [1.165, 1.54) is 0 Å². The number of aromatic nitrogens is 2. The number of halogens is 2. The van der Waals surface area contributed by atoms with Crippen LogP contribution in [0.2, 0.25) is 5.15 Å². The maximum Gasteiger partial charge on any atom is 0.223 e. The molecule has 0 aromatic carbocycles. The van der Waals surface area contributed by atoms with E-state index in [1.54, 1.807) is 0 Å². The van der Waals surface area contributed by atoms with Crippen molar-refractivity contribution < 1.29 is 5.11 Å². The number of aliphatic hydroxyl groups is 1. The van der Waals surface area contributed by atoms with Crippen molar-refractivity contribution in [3.05, 3.63) is 8.72 Å². The zero-order chi connectivity index (χ0) is 12.4. The van der Waals surface area contributed by atoms with Gasteiger partial charge in [0.2, 0.25) is 5.95 Å². The number of nitrogens with one attached hydrogen (secondary N) is 1. The second-order valence-electron chi connectivity index (χ2n) is 4.24. The quantitative estimate of drug-likeness (QED) is 0.560. The molecule has 17 heavy (non-hydrogen) atoms. The number of anilines is 2. The second-order valence-corrected chi connectivity index (χ2v) is 5.67. The molecule has 4 N–H and O–H groups in total. The van der Waals surface area contributed by atoms with Crippen LogP contribution < -0.4 is 11.1 Å². The highest BCUT2D eigenvalue weighted by atomic mass is 127. The lowest BCUT2D eigenvalue weighted by Crippen LogP contribution is -2.18. The Balaban J connectivity index is 2.09. The summed E-state index contributed by atoms with van der Waals surface area (Å²) >= 11 is 8.04. The molecule has 0 spiro atoms. The third-order valence-electron chi connectivity index (χ3n) is 2.97. The molecule has 1 heterocycles. The first-order valence-corrected chi connectivity index (χ1v) is 6.91. The molecule has 0 amide bonds. The largest absolute Gasteiger partial charge is 0.396 e. The van der Waals surface area contributed by atoms with Gasteiger partial charge < -0.3 is 16.2 Å². The fraction of sp³-hybridized carbons (Fsp3) is 0.600. The fourth-order valence-electron chi connectivity index (χ4n) is 2.10. The van der Waals surface area contributed by atoms with Gasteiger partial charge in [0.1, 0.15) is 11.0 Å². The summed E-state index contributed by atoms with van der Waals surface area (Å²) in [4.78, 5) is 8.03. The normalized spacial score (nSPS) is 23.9. The van der Waals surface area contributed by atoms with Crippen molar-refractivity contribution in [2.24, 2.45) is 5.92 Å². The lowest BCUT2D eigenvalue weighted by molar-refractivity contribution is 0.229. The van der Waals surface area contributed by atoms with Crippen molar-refractivity contribution in [3.63, 3.8) is 0 Å². The van der Waals surface area contributed by atoms with Crippen molar-refractivity contribution in [1.29, 1.82) is 0 Å². The van der Waals surface area contributed by atoms with Gasteiger partial charge in [-0.05, 0) is 47.8 Å². The molecular formula is C10H14ClIN4O. The van der Waals surface area contributed by atoms with Gasteiger partial charge in [-0.1, -0.05) is 11.6 Å². The molecule has 5 nitrogen and oxygen atoms in total. The number of nitrogen functional groups attached to an aromatic ring is 1. The van der Waals surface area contributed by atoms with Crippen LogP contribution in [-0.4, -0.2) is 27.7 Å². The van der Waals surface area contributed by atoms with Crippen molar-refractivity contribution in [1.82, 2.24) is 9.97 Å². The maximum atomic E-state index is 9.10. The number of rotatable bonds is 3. The monoisotopic (exact) mass is 368 g/mol. The number of hydrogen-bond acceptors (Lipinski definition) is 5. The molecule has 2 rings (SSSR count). The maximum absolute atomic E-state index is 9.10. The zero-order valence-corrected chi connectivity index (χ0v) is 12.1. The summed E-state index contributed by atoms with van der Waals surface area (Å²) < 4.78 is 0.783. The first kappa shape index (κ1) is 13.1. The number of hydrogen-bond donors (Lipinski definition) is 3. The molecule has 0 saturated heterocycles. The first-order chi connectivity index (χ1) is 8.10. The third kappa shape index (κ3) is 3.11. The molecule has 2 atom stereocenters.